The zero-order chi connectivity index (χ0) is 21.2. The lowest BCUT2D eigenvalue weighted by molar-refractivity contribution is -0.123. The molecule has 2 amide bonds. The molecule has 0 aromatic heterocycles. The van der Waals surface area contributed by atoms with Crippen LogP contribution in [0.2, 0.25) is 0 Å². The molecule has 0 spiro atoms. The van der Waals surface area contributed by atoms with Crippen LogP contribution in [0.4, 0.5) is 5.69 Å². The Morgan fingerprint density at radius 1 is 1.00 bits per heavy atom. The van der Waals surface area contributed by atoms with E-state index in [2.05, 4.69) is 15.8 Å². The standard InChI is InChI=1S/C21H25N3O5/c1-14-7-5-6-8-18(14)29-13-21(26)24-23-15(2)11-20(25)22-17-10-9-16(27-3)12-19(17)28-4/h5-10,12H,11,13H2,1-4H3,(H,22,25)(H,24,26)/b23-15-. The summed E-state index contributed by atoms with van der Waals surface area (Å²) < 4.78 is 15.8. The van der Waals surface area contributed by atoms with E-state index in [0.717, 1.165) is 5.56 Å². The van der Waals surface area contributed by atoms with Crippen molar-refractivity contribution < 1.29 is 23.8 Å². The molecule has 8 heteroatoms. The molecule has 0 heterocycles. The zero-order valence-corrected chi connectivity index (χ0v) is 16.9. The number of methoxy groups -OCH3 is 2. The number of carbonyl (C=O) groups excluding carboxylic acids is 2. The molecule has 2 aromatic carbocycles. The highest BCUT2D eigenvalue weighted by Crippen LogP contribution is 2.29. The zero-order valence-electron chi connectivity index (χ0n) is 16.9. The van der Waals surface area contributed by atoms with Gasteiger partial charge in [0, 0.05) is 11.8 Å². The number of ether oxygens (including phenoxy) is 3. The third-order valence-corrected chi connectivity index (χ3v) is 3.92. The normalized spacial score (nSPS) is 10.8. The van der Waals surface area contributed by atoms with Crippen molar-refractivity contribution in [3.63, 3.8) is 0 Å². The van der Waals surface area contributed by atoms with Gasteiger partial charge in [0.25, 0.3) is 5.91 Å². The van der Waals surface area contributed by atoms with Crippen LogP contribution >= 0.6 is 0 Å². The van der Waals surface area contributed by atoms with Crippen molar-refractivity contribution in [2.75, 3.05) is 26.1 Å². The van der Waals surface area contributed by atoms with Gasteiger partial charge in [0.2, 0.25) is 5.91 Å². The summed E-state index contributed by atoms with van der Waals surface area (Å²) in [6.45, 7) is 3.37. The Labute approximate surface area is 169 Å². The van der Waals surface area contributed by atoms with Crippen LogP contribution in [0.5, 0.6) is 17.2 Å². The highest BCUT2D eigenvalue weighted by Gasteiger charge is 2.10. The van der Waals surface area contributed by atoms with Crippen LogP contribution in [-0.4, -0.2) is 38.4 Å². The number of nitrogens with zero attached hydrogens (tertiary/aromatic N) is 1. The summed E-state index contributed by atoms with van der Waals surface area (Å²) in [4.78, 5) is 24.1. The van der Waals surface area contributed by atoms with Crippen LogP contribution < -0.4 is 25.0 Å². The number of hydrogen-bond donors (Lipinski definition) is 2. The van der Waals surface area contributed by atoms with Crippen molar-refractivity contribution >= 4 is 23.2 Å². The Morgan fingerprint density at radius 3 is 2.45 bits per heavy atom. The molecule has 154 valence electrons. The van der Waals surface area contributed by atoms with E-state index < -0.39 is 5.91 Å². The molecular formula is C21H25N3O5. The molecule has 2 aromatic rings. The lowest BCUT2D eigenvalue weighted by Crippen LogP contribution is -2.26. The van der Waals surface area contributed by atoms with Gasteiger partial charge >= 0.3 is 0 Å². The fourth-order valence-electron chi connectivity index (χ4n) is 2.42. The highest BCUT2D eigenvalue weighted by atomic mass is 16.5. The number of aryl methyl sites for hydroxylation is 1. The number of benzene rings is 2. The van der Waals surface area contributed by atoms with Gasteiger partial charge in [-0.15, -0.1) is 0 Å². The second-order valence-corrected chi connectivity index (χ2v) is 6.23. The van der Waals surface area contributed by atoms with Crippen molar-refractivity contribution in [2.45, 2.75) is 20.3 Å². The van der Waals surface area contributed by atoms with Crippen LogP contribution in [0, 0.1) is 6.92 Å². The number of rotatable bonds is 9. The topological polar surface area (TPSA) is 98.2 Å². The first-order valence-corrected chi connectivity index (χ1v) is 8.95. The lowest BCUT2D eigenvalue weighted by atomic mass is 10.2. The van der Waals surface area contributed by atoms with Gasteiger partial charge in [-0.3, -0.25) is 9.59 Å². The SMILES string of the molecule is COc1ccc(NC(=O)C/C(C)=N\NC(=O)COc2ccccc2C)c(OC)c1. The van der Waals surface area contributed by atoms with Gasteiger partial charge in [0.15, 0.2) is 6.61 Å². The van der Waals surface area contributed by atoms with Crippen molar-refractivity contribution in [3.8, 4) is 17.2 Å². The first kappa shape index (κ1) is 21.7. The second-order valence-electron chi connectivity index (χ2n) is 6.23. The van der Waals surface area contributed by atoms with Gasteiger partial charge in [0.05, 0.1) is 26.3 Å². The molecule has 2 N–H and O–H groups in total. The summed E-state index contributed by atoms with van der Waals surface area (Å²) >= 11 is 0. The molecule has 0 aliphatic heterocycles. The van der Waals surface area contributed by atoms with E-state index in [0.29, 0.717) is 28.6 Å². The maximum absolute atomic E-state index is 12.2. The first-order chi connectivity index (χ1) is 13.9. The number of amides is 2. The Morgan fingerprint density at radius 2 is 1.76 bits per heavy atom. The third-order valence-electron chi connectivity index (χ3n) is 3.92. The van der Waals surface area contributed by atoms with E-state index in [1.165, 1.54) is 7.11 Å². The largest absolute Gasteiger partial charge is 0.497 e. The van der Waals surface area contributed by atoms with E-state index in [1.807, 2.05) is 25.1 Å². The number of para-hydroxylation sites is 1. The van der Waals surface area contributed by atoms with Crippen molar-refractivity contribution in [2.24, 2.45) is 5.10 Å². The molecule has 2 rings (SSSR count). The Hall–Kier alpha value is -3.55. The van der Waals surface area contributed by atoms with Gasteiger partial charge in [-0.2, -0.15) is 5.10 Å². The molecule has 8 nitrogen and oxygen atoms in total. The molecule has 0 unspecified atom stereocenters. The molecule has 0 bridgehead atoms. The summed E-state index contributed by atoms with van der Waals surface area (Å²) in [5.41, 5.74) is 4.28. The van der Waals surface area contributed by atoms with Crippen molar-refractivity contribution in [3.05, 3.63) is 48.0 Å². The van der Waals surface area contributed by atoms with Crippen LogP contribution in [-0.2, 0) is 9.59 Å². The van der Waals surface area contributed by atoms with E-state index in [-0.39, 0.29) is 18.9 Å². The fraction of sp³-hybridized carbons (Fsp3) is 0.286. The number of anilines is 1. The van der Waals surface area contributed by atoms with E-state index in [4.69, 9.17) is 14.2 Å². The van der Waals surface area contributed by atoms with Crippen LogP contribution in [0.1, 0.15) is 18.9 Å². The number of hydrazone groups is 1. The van der Waals surface area contributed by atoms with Crippen molar-refractivity contribution in [1.82, 2.24) is 5.43 Å². The molecule has 29 heavy (non-hydrogen) atoms. The summed E-state index contributed by atoms with van der Waals surface area (Å²) in [6, 6.07) is 12.5. The maximum atomic E-state index is 12.2. The van der Waals surface area contributed by atoms with E-state index in [9.17, 15) is 9.59 Å². The Kier molecular flexibility index (Phi) is 8.02. The summed E-state index contributed by atoms with van der Waals surface area (Å²) in [5, 5.41) is 6.68. The molecule has 0 atom stereocenters. The van der Waals surface area contributed by atoms with Gasteiger partial charge in [-0.05, 0) is 37.6 Å². The molecule has 0 saturated carbocycles. The van der Waals surface area contributed by atoms with Gasteiger partial charge in [-0.25, -0.2) is 5.43 Å². The van der Waals surface area contributed by atoms with E-state index in [1.54, 1.807) is 38.3 Å². The summed E-state index contributed by atoms with van der Waals surface area (Å²) in [5.74, 6) is 1.03. The fourth-order valence-corrected chi connectivity index (χ4v) is 2.42. The predicted molar refractivity (Wildman–Crippen MR) is 111 cm³/mol. The molecule has 0 fully saturated rings. The van der Waals surface area contributed by atoms with Gasteiger partial charge in [-0.1, -0.05) is 18.2 Å². The van der Waals surface area contributed by atoms with E-state index >= 15 is 0 Å². The molecule has 0 aliphatic rings. The van der Waals surface area contributed by atoms with Crippen LogP contribution in [0.15, 0.2) is 47.6 Å². The molecular weight excluding hydrogens is 374 g/mol. The molecule has 0 saturated heterocycles. The van der Waals surface area contributed by atoms with Crippen molar-refractivity contribution in [1.29, 1.82) is 0 Å². The van der Waals surface area contributed by atoms with Crippen LogP contribution in [0.25, 0.3) is 0 Å². The minimum atomic E-state index is -0.412. The second kappa shape index (κ2) is 10.7. The summed E-state index contributed by atoms with van der Waals surface area (Å²) in [6.07, 6.45) is 0.00805. The number of carbonyl (C=O) groups is 2. The van der Waals surface area contributed by atoms with Crippen LogP contribution in [0.3, 0.4) is 0 Å². The first-order valence-electron chi connectivity index (χ1n) is 8.95. The minimum absolute atomic E-state index is 0.00805. The smallest absolute Gasteiger partial charge is 0.277 e. The van der Waals surface area contributed by atoms with Gasteiger partial charge in [0.1, 0.15) is 17.2 Å². The number of nitrogens with one attached hydrogen (secondary N) is 2. The lowest BCUT2D eigenvalue weighted by Gasteiger charge is -2.11. The quantitative estimate of drug-likeness (QED) is 0.499. The van der Waals surface area contributed by atoms with Gasteiger partial charge < -0.3 is 19.5 Å². The minimum Gasteiger partial charge on any atom is -0.497 e. The Bertz CT molecular complexity index is 896. The summed E-state index contributed by atoms with van der Waals surface area (Å²) in [7, 11) is 3.05. The average molecular weight is 399 g/mol. The Balaban J connectivity index is 1.83. The number of hydrogen-bond acceptors (Lipinski definition) is 6. The molecule has 0 aliphatic carbocycles. The molecule has 0 radical (unpaired) electrons. The monoisotopic (exact) mass is 399 g/mol. The highest BCUT2D eigenvalue weighted by molar-refractivity contribution is 6.06. The maximum Gasteiger partial charge on any atom is 0.277 e. The average Bonchev–Trinajstić information content (AvgIpc) is 2.71. The third kappa shape index (κ3) is 6.84. The predicted octanol–water partition coefficient (Wildman–Crippen LogP) is 2.91.